The number of carbonyl (C=O) groups excluding carboxylic acids is 2. The van der Waals surface area contributed by atoms with Gasteiger partial charge in [0.2, 0.25) is 5.91 Å². The van der Waals surface area contributed by atoms with Gasteiger partial charge in [0.1, 0.15) is 17.4 Å². The third-order valence-corrected chi connectivity index (χ3v) is 5.74. The van der Waals surface area contributed by atoms with Gasteiger partial charge in [0.05, 0.1) is 12.4 Å². The van der Waals surface area contributed by atoms with Crippen LogP contribution in [0.3, 0.4) is 0 Å². The largest absolute Gasteiger partial charge is 0.332 e. The van der Waals surface area contributed by atoms with E-state index in [-0.39, 0.29) is 23.8 Å². The Balaban J connectivity index is 1.63. The summed E-state index contributed by atoms with van der Waals surface area (Å²) >= 11 is 0. The Morgan fingerprint density at radius 1 is 1.32 bits per heavy atom. The van der Waals surface area contributed by atoms with Gasteiger partial charge in [-0.1, -0.05) is 13.3 Å². The van der Waals surface area contributed by atoms with Crippen molar-refractivity contribution in [1.29, 1.82) is 0 Å². The average molecular weight is 433 g/mol. The van der Waals surface area contributed by atoms with Gasteiger partial charge in [-0.25, -0.2) is 13.8 Å². The number of rotatable bonds is 9. The van der Waals surface area contributed by atoms with Crippen LogP contribution in [0.2, 0.25) is 0 Å². The number of Topliss-reactive ketones (excluding diaryl/α,β-unsaturated/α-hetero) is 1. The number of halogens is 2. The molecule has 1 amide bonds. The molecule has 2 N–H and O–H groups in total. The van der Waals surface area contributed by atoms with Crippen molar-refractivity contribution in [2.24, 2.45) is 0 Å². The van der Waals surface area contributed by atoms with Gasteiger partial charge >= 0.3 is 0 Å². The molecular formula is C23H30F2N4O2. The van der Waals surface area contributed by atoms with E-state index in [4.69, 9.17) is 0 Å². The van der Waals surface area contributed by atoms with Crippen LogP contribution in [0.1, 0.15) is 63.6 Å². The smallest absolute Gasteiger partial charge is 0.242 e. The monoisotopic (exact) mass is 432 g/mol. The van der Waals surface area contributed by atoms with Gasteiger partial charge in [0.25, 0.3) is 0 Å². The second-order valence-corrected chi connectivity index (χ2v) is 8.42. The van der Waals surface area contributed by atoms with Crippen LogP contribution in [-0.2, 0) is 22.4 Å². The maximum atomic E-state index is 14.2. The van der Waals surface area contributed by atoms with Gasteiger partial charge < -0.3 is 15.2 Å². The van der Waals surface area contributed by atoms with Crippen LogP contribution in [0.25, 0.3) is 0 Å². The number of imidazole rings is 1. The standard InChI is InChI=1S/C23H30F2N4O2/c1-4-5-21(23(31)28-22-12-29(13-26-22)14(2)8-15(3)30)27-18-7-6-16-9-17(24)10-20(25)19(16)11-18/h9-10,12-14,18,21,27H,4-8,11H2,1-3H3,(H,28,31). The first-order valence-electron chi connectivity index (χ1n) is 10.8. The molecule has 3 atom stereocenters. The predicted molar refractivity (Wildman–Crippen MR) is 115 cm³/mol. The van der Waals surface area contributed by atoms with Crippen molar-refractivity contribution >= 4 is 17.5 Å². The number of fused-ring (bicyclic) bond motifs is 1. The highest BCUT2D eigenvalue weighted by atomic mass is 19.1. The van der Waals surface area contributed by atoms with E-state index < -0.39 is 17.7 Å². The number of aryl methyl sites for hydroxylation is 1. The zero-order chi connectivity index (χ0) is 22.5. The summed E-state index contributed by atoms with van der Waals surface area (Å²) in [5.41, 5.74) is 1.23. The van der Waals surface area contributed by atoms with Crippen LogP contribution < -0.4 is 10.6 Å². The van der Waals surface area contributed by atoms with E-state index in [0.29, 0.717) is 49.0 Å². The molecule has 168 valence electrons. The third-order valence-electron chi connectivity index (χ3n) is 5.74. The lowest BCUT2D eigenvalue weighted by Gasteiger charge is -2.29. The van der Waals surface area contributed by atoms with E-state index in [0.717, 1.165) is 12.5 Å². The number of hydrogen-bond acceptors (Lipinski definition) is 4. The number of anilines is 1. The summed E-state index contributed by atoms with van der Waals surface area (Å²) < 4.78 is 29.5. The molecule has 0 aliphatic heterocycles. The van der Waals surface area contributed by atoms with Crippen molar-refractivity contribution in [3.8, 4) is 0 Å². The number of nitrogens with zero attached hydrogens (tertiary/aromatic N) is 2. The quantitative estimate of drug-likeness (QED) is 0.629. The number of carbonyl (C=O) groups is 2. The van der Waals surface area contributed by atoms with E-state index in [1.54, 1.807) is 24.0 Å². The molecule has 3 rings (SSSR count). The number of hydrogen-bond donors (Lipinski definition) is 2. The average Bonchev–Trinajstić information content (AvgIpc) is 3.16. The van der Waals surface area contributed by atoms with Gasteiger partial charge in [0.15, 0.2) is 5.82 Å². The number of benzene rings is 1. The molecule has 8 heteroatoms. The Morgan fingerprint density at radius 3 is 2.81 bits per heavy atom. The molecule has 0 spiro atoms. The van der Waals surface area contributed by atoms with E-state index in [1.165, 1.54) is 6.07 Å². The van der Waals surface area contributed by atoms with Gasteiger partial charge in [-0.2, -0.15) is 0 Å². The molecule has 1 aliphatic carbocycles. The Kier molecular flexibility index (Phi) is 7.54. The van der Waals surface area contributed by atoms with Crippen LogP contribution in [0.5, 0.6) is 0 Å². The second kappa shape index (κ2) is 10.1. The summed E-state index contributed by atoms with van der Waals surface area (Å²) in [5.74, 6) is -0.756. The molecule has 1 aromatic carbocycles. The van der Waals surface area contributed by atoms with Gasteiger partial charge in [-0.15, -0.1) is 0 Å². The van der Waals surface area contributed by atoms with E-state index in [1.807, 2.05) is 13.8 Å². The molecule has 6 nitrogen and oxygen atoms in total. The summed E-state index contributed by atoms with van der Waals surface area (Å²) in [7, 11) is 0. The topological polar surface area (TPSA) is 76.0 Å². The van der Waals surface area contributed by atoms with Crippen molar-refractivity contribution < 1.29 is 18.4 Å². The van der Waals surface area contributed by atoms with Gasteiger partial charge in [0, 0.05) is 30.8 Å². The number of amides is 1. The summed E-state index contributed by atoms with van der Waals surface area (Å²) in [6.45, 7) is 5.46. The molecular weight excluding hydrogens is 402 g/mol. The Bertz CT molecular complexity index is 944. The lowest BCUT2D eigenvalue weighted by Crippen LogP contribution is -2.48. The number of ketones is 1. The maximum Gasteiger partial charge on any atom is 0.242 e. The van der Waals surface area contributed by atoms with Crippen LogP contribution in [0.15, 0.2) is 24.7 Å². The molecule has 0 saturated heterocycles. The van der Waals surface area contributed by atoms with E-state index >= 15 is 0 Å². The lowest BCUT2D eigenvalue weighted by atomic mass is 9.87. The molecule has 2 aromatic rings. The zero-order valence-corrected chi connectivity index (χ0v) is 18.3. The van der Waals surface area contributed by atoms with Crippen molar-refractivity contribution in [3.63, 3.8) is 0 Å². The fourth-order valence-corrected chi connectivity index (χ4v) is 4.17. The Morgan fingerprint density at radius 2 is 2.10 bits per heavy atom. The van der Waals surface area contributed by atoms with Crippen LogP contribution in [0, 0.1) is 11.6 Å². The fraction of sp³-hybridized carbons (Fsp3) is 0.522. The molecule has 0 saturated carbocycles. The van der Waals surface area contributed by atoms with E-state index in [2.05, 4.69) is 15.6 Å². The summed E-state index contributed by atoms with van der Waals surface area (Å²) in [5, 5.41) is 6.20. The van der Waals surface area contributed by atoms with Crippen molar-refractivity contribution in [1.82, 2.24) is 14.9 Å². The Labute approximate surface area is 181 Å². The zero-order valence-electron chi connectivity index (χ0n) is 18.3. The third kappa shape index (κ3) is 5.97. The molecule has 1 aliphatic rings. The lowest BCUT2D eigenvalue weighted by molar-refractivity contribution is -0.119. The highest BCUT2D eigenvalue weighted by molar-refractivity contribution is 5.94. The van der Waals surface area contributed by atoms with Crippen LogP contribution >= 0.6 is 0 Å². The fourth-order valence-electron chi connectivity index (χ4n) is 4.17. The maximum absolute atomic E-state index is 14.2. The molecule has 31 heavy (non-hydrogen) atoms. The highest BCUT2D eigenvalue weighted by Gasteiger charge is 2.27. The van der Waals surface area contributed by atoms with Crippen molar-refractivity contribution in [2.75, 3.05) is 5.32 Å². The number of aromatic nitrogens is 2. The van der Waals surface area contributed by atoms with Gasteiger partial charge in [-0.3, -0.25) is 9.59 Å². The second-order valence-electron chi connectivity index (χ2n) is 8.42. The van der Waals surface area contributed by atoms with Crippen molar-refractivity contribution in [2.45, 2.75) is 77.4 Å². The molecule has 0 bridgehead atoms. The van der Waals surface area contributed by atoms with Crippen molar-refractivity contribution in [3.05, 3.63) is 47.4 Å². The summed E-state index contributed by atoms with van der Waals surface area (Å²) in [6, 6.07) is 1.76. The van der Waals surface area contributed by atoms with Crippen LogP contribution in [0.4, 0.5) is 14.6 Å². The van der Waals surface area contributed by atoms with E-state index in [9.17, 15) is 18.4 Å². The normalized spacial score (nSPS) is 17.6. The highest BCUT2D eigenvalue weighted by Crippen LogP contribution is 2.26. The van der Waals surface area contributed by atoms with Gasteiger partial charge in [-0.05, 0) is 56.7 Å². The summed E-state index contributed by atoms with van der Waals surface area (Å²) in [4.78, 5) is 28.4. The molecule has 0 fully saturated rings. The van der Waals surface area contributed by atoms with Crippen LogP contribution in [-0.4, -0.2) is 33.3 Å². The number of nitrogens with one attached hydrogen (secondary N) is 2. The minimum absolute atomic E-state index is 0.0396. The first-order chi connectivity index (χ1) is 14.8. The molecule has 3 unspecified atom stereocenters. The minimum atomic E-state index is -0.553. The first kappa shape index (κ1) is 23.1. The molecule has 1 heterocycles. The summed E-state index contributed by atoms with van der Waals surface area (Å²) in [6.07, 6.45) is 6.85. The molecule has 0 radical (unpaired) electrons. The SMILES string of the molecule is CCCC(NC1CCc2cc(F)cc(F)c2C1)C(=O)Nc1cn(C(C)CC(C)=O)cn1. The Hall–Kier alpha value is -2.61. The molecule has 1 aromatic heterocycles. The predicted octanol–water partition coefficient (Wildman–Crippen LogP) is 3.96. The first-order valence-corrected chi connectivity index (χ1v) is 10.8. The minimum Gasteiger partial charge on any atom is -0.332 e.